The maximum atomic E-state index is 13.5. The van der Waals surface area contributed by atoms with Crippen molar-refractivity contribution in [1.82, 2.24) is 4.98 Å². The van der Waals surface area contributed by atoms with Crippen LogP contribution in [-0.4, -0.2) is 19.7 Å². The minimum Gasteiger partial charge on any atom is -0.229 e. The first kappa shape index (κ1) is 22.2. The van der Waals surface area contributed by atoms with E-state index in [2.05, 4.69) is 28.1 Å². The molecule has 3 aromatic carbocycles. The van der Waals surface area contributed by atoms with Gasteiger partial charge in [0.25, 0.3) is 0 Å². The highest BCUT2D eigenvalue weighted by Crippen LogP contribution is 2.41. The van der Waals surface area contributed by atoms with Crippen LogP contribution in [0.3, 0.4) is 0 Å². The number of nitrogens with zero attached hydrogens (tertiary/aromatic N) is 1. The molecule has 0 N–H and O–H groups in total. The third-order valence-electron chi connectivity index (χ3n) is 4.52. The molecule has 0 spiro atoms. The topological polar surface area (TPSA) is 47.0 Å². The van der Waals surface area contributed by atoms with Crippen LogP contribution in [0, 0.1) is 5.82 Å². The van der Waals surface area contributed by atoms with Gasteiger partial charge in [-0.05, 0) is 47.5 Å². The van der Waals surface area contributed by atoms with Crippen LogP contribution < -0.4 is 0 Å². The van der Waals surface area contributed by atoms with Crippen LogP contribution in [0.1, 0.15) is 5.56 Å². The Labute approximate surface area is 197 Å². The van der Waals surface area contributed by atoms with Gasteiger partial charge in [-0.3, -0.25) is 0 Å². The van der Waals surface area contributed by atoms with Crippen molar-refractivity contribution < 1.29 is 12.8 Å². The van der Waals surface area contributed by atoms with Gasteiger partial charge in [0.15, 0.2) is 14.2 Å². The lowest BCUT2D eigenvalue weighted by molar-refractivity contribution is 0.602. The van der Waals surface area contributed by atoms with E-state index in [4.69, 9.17) is 4.98 Å². The number of aromatic nitrogens is 1. The Hall–Kier alpha value is -2.00. The molecule has 0 radical (unpaired) electrons. The molecule has 0 bridgehead atoms. The molecule has 0 unspecified atom stereocenters. The molecule has 0 saturated carbocycles. The quantitative estimate of drug-likeness (QED) is 0.248. The summed E-state index contributed by atoms with van der Waals surface area (Å²) >= 11 is 6.67. The summed E-state index contributed by atoms with van der Waals surface area (Å²) in [6, 6.07) is 21.2. The summed E-state index contributed by atoms with van der Waals surface area (Å²) < 4.78 is 39.0. The molecule has 0 aliphatic heterocycles. The van der Waals surface area contributed by atoms with E-state index in [-0.39, 0.29) is 10.7 Å². The van der Waals surface area contributed by atoms with E-state index in [1.807, 2.05) is 12.1 Å². The van der Waals surface area contributed by atoms with Gasteiger partial charge in [-0.1, -0.05) is 64.1 Å². The highest BCUT2D eigenvalue weighted by atomic mass is 79.9. The molecule has 1 heterocycles. The third-order valence-corrected chi connectivity index (χ3v) is 8.46. The number of hydrogen-bond acceptors (Lipinski definition) is 5. The van der Waals surface area contributed by atoms with Gasteiger partial charge in [-0.2, -0.15) is 0 Å². The predicted molar refractivity (Wildman–Crippen MR) is 130 cm³/mol. The second kappa shape index (κ2) is 9.24. The molecule has 8 heteroatoms. The smallest absolute Gasteiger partial charge is 0.175 e. The van der Waals surface area contributed by atoms with Crippen LogP contribution in [-0.2, 0) is 15.6 Å². The number of hydrogen-bond donors (Lipinski definition) is 0. The number of benzene rings is 3. The van der Waals surface area contributed by atoms with Crippen molar-refractivity contribution in [3.05, 3.63) is 88.6 Å². The Kier molecular flexibility index (Phi) is 6.62. The monoisotopic (exact) mass is 533 g/mol. The number of halogens is 2. The van der Waals surface area contributed by atoms with Crippen LogP contribution >= 0.6 is 39.0 Å². The van der Waals surface area contributed by atoms with Crippen LogP contribution in [0.5, 0.6) is 0 Å². The zero-order valence-electron chi connectivity index (χ0n) is 16.4. The summed E-state index contributed by atoms with van der Waals surface area (Å²) in [5, 5.41) is 0. The Balaban J connectivity index is 1.71. The Morgan fingerprint density at radius 3 is 2.32 bits per heavy atom. The van der Waals surface area contributed by atoms with Crippen molar-refractivity contribution in [2.24, 2.45) is 0 Å². The Morgan fingerprint density at radius 2 is 1.68 bits per heavy atom. The lowest BCUT2D eigenvalue weighted by Crippen LogP contribution is -1.96. The Morgan fingerprint density at radius 1 is 1.00 bits per heavy atom. The summed E-state index contributed by atoms with van der Waals surface area (Å²) in [7, 11) is -3.27. The zero-order valence-corrected chi connectivity index (χ0v) is 20.4. The largest absolute Gasteiger partial charge is 0.229 e. The molecular formula is C23H17BrFNO2S3. The van der Waals surface area contributed by atoms with Crippen molar-refractivity contribution in [3.63, 3.8) is 0 Å². The predicted octanol–water partition coefficient (Wildman–Crippen LogP) is 7.07. The van der Waals surface area contributed by atoms with Gasteiger partial charge in [0.2, 0.25) is 0 Å². The normalized spacial score (nSPS) is 11.6. The van der Waals surface area contributed by atoms with Crippen molar-refractivity contribution in [1.29, 1.82) is 0 Å². The van der Waals surface area contributed by atoms with Gasteiger partial charge in [0, 0.05) is 22.0 Å². The van der Waals surface area contributed by atoms with Gasteiger partial charge in [-0.15, -0.1) is 11.3 Å². The van der Waals surface area contributed by atoms with Gasteiger partial charge >= 0.3 is 0 Å². The molecule has 4 rings (SSSR count). The second-order valence-corrected chi connectivity index (χ2v) is 12.0. The molecule has 0 amide bonds. The molecule has 4 aromatic rings. The molecule has 0 fully saturated rings. The van der Waals surface area contributed by atoms with Crippen molar-refractivity contribution in [3.8, 4) is 21.7 Å². The van der Waals surface area contributed by atoms with Crippen LogP contribution in [0.25, 0.3) is 21.7 Å². The summed E-state index contributed by atoms with van der Waals surface area (Å²) in [5.41, 5.74) is 3.62. The standard InChI is InChI=1S/C23H17BrFNO2S3/c1-31(27,28)20-11-7-16(8-12-20)21-22(17-5-9-19(25)10-6-17)30-23(26-21)29-14-15-3-2-4-18(24)13-15/h2-13H,14H2,1H3. The third kappa shape index (κ3) is 5.44. The first-order valence-corrected chi connectivity index (χ1v) is 13.7. The molecule has 0 aliphatic carbocycles. The van der Waals surface area contributed by atoms with Crippen molar-refractivity contribution in [2.45, 2.75) is 15.0 Å². The first-order chi connectivity index (χ1) is 14.8. The summed E-state index contributed by atoms with van der Waals surface area (Å²) in [4.78, 5) is 6.02. The lowest BCUT2D eigenvalue weighted by atomic mass is 10.1. The highest BCUT2D eigenvalue weighted by Gasteiger charge is 2.17. The van der Waals surface area contributed by atoms with Crippen LogP contribution in [0.15, 0.2) is 86.5 Å². The minimum absolute atomic E-state index is 0.263. The summed E-state index contributed by atoms with van der Waals surface area (Å²) in [6.07, 6.45) is 1.19. The van der Waals surface area contributed by atoms with Gasteiger partial charge in [-0.25, -0.2) is 17.8 Å². The zero-order chi connectivity index (χ0) is 22.0. The van der Waals surface area contributed by atoms with E-state index >= 15 is 0 Å². The maximum absolute atomic E-state index is 13.5. The van der Waals surface area contributed by atoms with E-state index in [1.54, 1.807) is 59.5 Å². The van der Waals surface area contributed by atoms with E-state index in [0.717, 1.165) is 36.3 Å². The molecule has 3 nitrogen and oxygen atoms in total. The highest BCUT2D eigenvalue weighted by molar-refractivity contribution is 9.10. The first-order valence-electron chi connectivity index (χ1n) is 9.24. The lowest BCUT2D eigenvalue weighted by Gasteiger charge is -2.04. The average Bonchev–Trinajstić information content (AvgIpc) is 3.17. The fraction of sp³-hybridized carbons (Fsp3) is 0.0870. The fourth-order valence-corrected chi connectivity index (χ4v) is 6.18. The van der Waals surface area contributed by atoms with Crippen molar-refractivity contribution in [2.75, 3.05) is 6.26 Å². The number of thioether (sulfide) groups is 1. The van der Waals surface area contributed by atoms with Gasteiger partial charge in [0.1, 0.15) is 5.82 Å². The molecule has 0 atom stereocenters. The van der Waals surface area contributed by atoms with E-state index in [0.29, 0.717) is 0 Å². The molecule has 0 aliphatic rings. The summed E-state index contributed by atoms with van der Waals surface area (Å²) in [5.74, 6) is 0.471. The van der Waals surface area contributed by atoms with Gasteiger partial charge < -0.3 is 0 Å². The maximum Gasteiger partial charge on any atom is 0.175 e. The molecule has 0 saturated heterocycles. The number of sulfone groups is 1. The molecular weight excluding hydrogens is 517 g/mol. The van der Waals surface area contributed by atoms with E-state index in [1.165, 1.54) is 24.0 Å². The minimum atomic E-state index is -3.27. The van der Waals surface area contributed by atoms with E-state index < -0.39 is 9.84 Å². The molecule has 1 aromatic heterocycles. The molecule has 158 valence electrons. The molecule has 31 heavy (non-hydrogen) atoms. The fourth-order valence-electron chi connectivity index (χ4n) is 2.99. The van der Waals surface area contributed by atoms with Crippen LogP contribution in [0.2, 0.25) is 0 Å². The SMILES string of the molecule is CS(=O)(=O)c1ccc(-c2nc(SCc3cccc(Br)c3)sc2-c2ccc(F)cc2)cc1. The van der Waals surface area contributed by atoms with Crippen molar-refractivity contribution >= 4 is 48.9 Å². The second-order valence-electron chi connectivity index (χ2n) is 6.88. The van der Waals surface area contributed by atoms with Crippen LogP contribution in [0.4, 0.5) is 4.39 Å². The summed E-state index contributed by atoms with van der Waals surface area (Å²) in [6.45, 7) is 0. The Bertz CT molecular complexity index is 1320. The van der Waals surface area contributed by atoms with E-state index in [9.17, 15) is 12.8 Å². The number of rotatable bonds is 6. The number of thiazole rings is 1. The average molecular weight is 534 g/mol. The van der Waals surface area contributed by atoms with Gasteiger partial charge in [0.05, 0.1) is 15.5 Å².